The number of carbonyl (C=O) groups excluding carboxylic acids is 1. The molecular formula is C13H16ClFN4O2. The quantitative estimate of drug-likeness (QED) is 0.793. The number of nitrogens with zero attached hydrogens (tertiary/aromatic N) is 2. The first kappa shape index (κ1) is 15.5. The third kappa shape index (κ3) is 3.62. The molecule has 1 amide bonds. The number of aryl methyl sites for hydroxylation is 1. The van der Waals surface area contributed by atoms with Gasteiger partial charge < -0.3 is 20.4 Å². The second kappa shape index (κ2) is 6.73. The van der Waals surface area contributed by atoms with E-state index in [1.807, 2.05) is 0 Å². The largest absolute Gasteiger partial charge is 0.383 e. The number of fused-ring (bicyclic) bond motifs is 1. The van der Waals surface area contributed by atoms with Crippen molar-refractivity contribution < 1.29 is 13.9 Å². The number of anilines is 1. The van der Waals surface area contributed by atoms with E-state index < -0.39 is 5.82 Å². The Balaban J connectivity index is 2.10. The molecule has 2 aromatic rings. The van der Waals surface area contributed by atoms with Crippen molar-refractivity contribution in [1.29, 1.82) is 0 Å². The van der Waals surface area contributed by atoms with Gasteiger partial charge in [0, 0.05) is 32.7 Å². The number of methoxy groups -OCH3 is 1. The summed E-state index contributed by atoms with van der Waals surface area (Å²) < 4.78 is 20.0. The van der Waals surface area contributed by atoms with Crippen molar-refractivity contribution in [1.82, 2.24) is 14.9 Å². The van der Waals surface area contributed by atoms with Crippen molar-refractivity contribution in [2.24, 2.45) is 0 Å². The summed E-state index contributed by atoms with van der Waals surface area (Å²) in [7, 11) is 1.56. The predicted octanol–water partition coefficient (Wildman–Crippen LogP) is 1.56. The fraction of sp³-hybridized carbons (Fsp3) is 0.385. The van der Waals surface area contributed by atoms with E-state index in [2.05, 4.69) is 10.3 Å². The molecule has 21 heavy (non-hydrogen) atoms. The van der Waals surface area contributed by atoms with Gasteiger partial charge in [0.2, 0.25) is 11.9 Å². The lowest BCUT2D eigenvalue weighted by atomic mass is 10.3. The Labute approximate surface area is 126 Å². The highest BCUT2D eigenvalue weighted by molar-refractivity contribution is 6.31. The normalized spacial score (nSPS) is 11.0. The molecule has 0 fully saturated rings. The van der Waals surface area contributed by atoms with Crippen LogP contribution in [0, 0.1) is 5.82 Å². The molecule has 0 aliphatic carbocycles. The van der Waals surface area contributed by atoms with Crippen LogP contribution in [0.2, 0.25) is 5.02 Å². The number of halogens is 2. The Hall–Kier alpha value is -1.86. The van der Waals surface area contributed by atoms with E-state index in [-0.39, 0.29) is 23.3 Å². The molecule has 0 aliphatic heterocycles. The van der Waals surface area contributed by atoms with Crippen LogP contribution in [0.25, 0.3) is 11.0 Å². The van der Waals surface area contributed by atoms with Gasteiger partial charge in [-0.05, 0) is 6.07 Å². The van der Waals surface area contributed by atoms with Gasteiger partial charge in [0.05, 0.1) is 22.7 Å². The molecule has 0 saturated carbocycles. The van der Waals surface area contributed by atoms with Gasteiger partial charge >= 0.3 is 0 Å². The first-order valence-electron chi connectivity index (χ1n) is 6.39. The van der Waals surface area contributed by atoms with Crippen molar-refractivity contribution in [2.45, 2.75) is 13.0 Å². The maximum Gasteiger partial charge on any atom is 0.221 e. The van der Waals surface area contributed by atoms with E-state index in [1.54, 1.807) is 11.7 Å². The highest BCUT2D eigenvalue weighted by atomic mass is 35.5. The molecule has 114 valence electrons. The Bertz CT molecular complexity index is 659. The van der Waals surface area contributed by atoms with E-state index in [9.17, 15) is 9.18 Å². The zero-order chi connectivity index (χ0) is 15.4. The van der Waals surface area contributed by atoms with Crippen LogP contribution in [0.3, 0.4) is 0 Å². The average Bonchev–Trinajstić information content (AvgIpc) is 2.72. The summed E-state index contributed by atoms with van der Waals surface area (Å²) in [6.45, 7) is 1.20. The van der Waals surface area contributed by atoms with Crippen LogP contribution in [-0.2, 0) is 16.1 Å². The van der Waals surface area contributed by atoms with Crippen LogP contribution >= 0.6 is 11.6 Å². The van der Waals surface area contributed by atoms with E-state index in [4.69, 9.17) is 22.1 Å². The number of ether oxygens (including phenoxy) is 1. The molecule has 8 heteroatoms. The third-order valence-corrected chi connectivity index (χ3v) is 3.30. The number of nitrogen functional groups attached to an aromatic ring is 1. The lowest BCUT2D eigenvalue weighted by molar-refractivity contribution is -0.121. The molecule has 2 rings (SSSR count). The van der Waals surface area contributed by atoms with Crippen LogP contribution in [0.1, 0.15) is 6.42 Å². The molecule has 1 aromatic carbocycles. The number of hydrogen-bond acceptors (Lipinski definition) is 4. The first-order chi connectivity index (χ1) is 10.0. The fourth-order valence-corrected chi connectivity index (χ4v) is 2.13. The van der Waals surface area contributed by atoms with E-state index in [0.717, 1.165) is 0 Å². The highest BCUT2D eigenvalue weighted by Gasteiger charge is 2.12. The van der Waals surface area contributed by atoms with Crippen LogP contribution in [0.15, 0.2) is 12.1 Å². The lowest BCUT2D eigenvalue weighted by Gasteiger charge is -2.07. The minimum absolute atomic E-state index is 0.00976. The number of amides is 1. The number of benzene rings is 1. The first-order valence-corrected chi connectivity index (χ1v) is 6.77. The van der Waals surface area contributed by atoms with Gasteiger partial charge in [0.25, 0.3) is 0 Å². The number of nitrogens with two attached hydrogens (primary N) is 1. The maximum atomic E-state index is 13.5. The van der Waals surface area contributed by atoms with Gasteiger partial charge in [-0.2, -0.15) is 0 Å². The summed E-state index contributed by atoms with van der Waals surface area (Å²) in [6, 6.07) is 2.68. The molecule has 1 aromatic heterocycles. The average molecular weight is 315 g/mol. The molecule has 0 bridgehead atoms. The van der Waals surface area contributed by atoms with Crippen LogP contribution in [0.4, 0.5) is 10.3 Å². The van der Waals surface area contributed by atoms with Gasteiger partial charge in [-0.1, -0.05) is 11.6 Å². The van der Waals surface area contributed by atoms with Gasteiger partial charge in [0.1, 0.15) is 5.82 Å². The van der Waals surface area contributed by atoms with Crippen LogP contribution in [-0.4, -0.2) is 35.7 Å². The van der Waals surface area contributed by atoms with E-state index in [1.165, 1.54) is 12.1 Å². The maximum absolute atomic E-state index is 13.5. The molecular weight excluding hydrogens is 299 g/mol. The Morgan fingerprint density at radius 3 is 3.05 bits per heavy atom. The molecule has 3 N–H and O–H groups in total. The summed E-state index contributed by atoms with van der Waals surface area (Å²) in [5, 5.41) is 2.69. The van der Waals surface area contributed by atoms with Crippen molar-refractivity contribution in [3.05, 3.63) is 23.0 Å². The minimum Gasteiger partial charge on any atom is -0.383 e. The summed E-state index contributed by atoms with van der Waals surface area (Å²) in [4.78, 5) is 15.8. The van der Waals surface area contributed by atoms with Gasteiger partial charge in [0.15, 0.2) is 0 Å². The molecule has 0 atom stereocenters. The smallest absolute Gasteiger partial charge is 0.221 e. The standard InChI is InChI=1S/C13H16ClFN4O2/c1-21-5-3-17-12(20)2-4-19-11-7-9(15)8(14)6-10(11)18-13(19)16/h6-7H,2-5H2,1H3,(H2,16,18)(H,17,20). The number of aromatic nitrogens is 2. The van der Waals surface area contributed by atoms with Gasteiger partial charge in [-0.15, -0.1) is 0 Å². The molecule has 6 nitrogen and oxygen atoms in total. The minimum atomic E-state index is -0.546. The topological polar surface area (TPSA) is 82.2 Å². The summed E-state index contributed by atoms with van der Waals surface area (Å²) in [6.07, 6.45) is 0.212. The van der Waals surface area contributed by atoms with Crippen molar-refractivity contribution in [3.63, 3.8) is 0 Å². The number of nitrogens with one attached hydrogen (secondary N) is 1. The van der Waals surface area contributed by atoms with Crippen LogP contribution in [0.5, 0.6) is 0 Å². The van der Waals surface area contributed by atoms with E-state index >= 15 is 0 Å². The number of hydrogen-bond donors (Lipinski definition) is 2. The fourth-order valence-electron chi connectivity index (χ4n) is 1.97. The van der Waals surface area contributed by atoms with Gasteiger partial charge in [-0.3, -0.25) is 4.79 Å². The Kier molecular flexibility index (Phi) is 4.98. The molecule has 0 saturated heterocycles. The molecule has 1 heterocycles. The monoisotopic (exact) mass is 314 g/mol. The summed E-state index contributed by atoms with van der Waals surface area (Å²) >= 11 is 5.71. The number of carbonyl (C=O) groups is 1. The number of rotatable bonds is 6. The number of imidazole rings is 1. The zero-order valence-electron chi connectivity index (χ0n) is 11.5. The second-order valence-corrected chi connectivity index (χ2v) is 4.88. The Morgan fingerprint density at radius 1 is 1.57 bits per heavy atom. The van der Waals surface area contributed by atoms with Crippen LogP contribution < -0.4 is 11.1 Å². The summed E-state index contributed by atoms with van der Waals surface area (Å²) in [5.41, 5.74) is 6.81. The molecule has 0 aliphatic rings. The lowest BCUT2D eigenvalue weighted by Crippen LogP contribution is -2.27. The second-order valence-electron chi connectivity index (χ2n) is 4.47. The van der Waals surface area contributed by atoms with E-state index in [0.29, 0.717) is 30.7 Å². The van der Waals surface area contributed by atoms with Gasteiger partial charge in [-0.25, -0.2) is 9.37 Å². The molecule has 0 spiro atoms. The predicted molar refractivity (Wildman–Crippen MR) is 78.6 cm³/mol. The van der Waals surface area contributed by atoms with Crippen molar-refractivity contribution in [2.75, 3.05) is 26.0 Å². The third-order valence-electron chi connectivity index (χ3n) is 3.01. The molecule has 0 radical (unpaired) electrons. The zero-order valence-corrected chi connectivity index (χ0v) is 12.3. The SMILES string of the molecule is COCCNC(=O)CCn1c(N)nc2cc(Cl)c(F)cc21. The van der Waals surface area contributed by atoms with Crippen molar-refractivity contribution in [3.8, 4) is 0 Å². The Morgan fingerprint density at radius 2 is 2.33 bits per heavy atom. The van der Waals surface area contributed by atoms with Crippen molar-refractivity contribution >= 4 is 34.5 Å². The highest BCUT2D eigenvalue weighted by Crippen LogP contribution is 2.24. The summed E-state index contributed by atoms with van der Waals surface area (Å²) in [5.74, 6) is -0.464. The molecule has 0 unspecified atom stereocenters.